The van der Waals surface area contributed by atoms with Crippen LogP contribution in [0, 0.1) is 13.8 Å². The smallest absolute Gasteiger partial charge is 0.227 e. The van der Waals surface area contributed by atoms with Gasteiger partial charge in [0.1, 0.15) is 18.5 Å². The Morgan fingerprint density at radius 1 is 1.38 bits per heavy atom. The Morgan fingerprint density at radius 3 is 2.95 bits per heavy atom. The van der Waals surface area contributed by atoms with Crippen LogP contribution in [0.25, 0.3) is 0 Å². The van der Waals surface area contributed by atoms with E-state index >= 15 is 0 Å². The van der Waals surface area contributed by atoms with Crippen LogP contribution in [0.15, 0.2) is 28.8 Å². The van der Waals surface area contributed by atoms with Crippen molar-refractivity contribution in [3.8, 4) is 5.75 Å². The molecule has 0 aliphatic carbocycles. The zero-order chi connectivity index (χ0) is 15.1. The highest BCUT2D eigenvalue weighted by Gasteiger charge is 2.06. The van der Waals surface area contributed by atoms with Crippen molar-refractivity contribution in [2.24, 2.45) is 0 Å². The lowest BCUT2D eigenvalue weighted by molar-refractivity contribution is 0.106. The van der Waals surface area contributed by atoms with Crippen molar-refractivity contribution in [1.29, 1.82) is 0 Å². The maximum absolute atomic E-state index is 9.84. The summed E-state index contributed by atoms with van der Waals surface area (Å²) in [6, 6.07) is 7.76. The second-order valence-electron chi connectivity index (χ2n) is 4.97. The van der Waals surface area contributed by atoms with Gasteiger partial charge in [0.15, 0.2) is 5.82 Å². The molecule has 6 heteroatoms. The Kier molecular flexibility index (Phi) is 5.71. The van der Waals surface area contributed by atoms with Crippen LogP contribution in [-0.2, 0) is 6.42 Å². The molecule has 2 rings (SSSR count). The second kappa shape index (κ2) is 7.75. The number of hydrogen-bond donors (Lipinski definition) is 2. The monoisotopic (exact) mass is 291 g/mol. The largest absolute Gasteiger partial charge is 0.491 e. The third-order valence-electron chi connectivity index (χ3n) is 2.90. The molecule has 0 bridgehead atoms. The number of benzene rings is 1. The molecule has 114 valence electrons. The van der Waals surface area contributed by atoms with E-state index in [0.717, 1.165) is 11.3 Å². The van der Waals surface area contributed by atoms with E-state index in [1.54, 1.807) is 6.92 Å². The van der Waals surface area contributed by atoms with Gasteiger partial charge in [0.25, 0.3) is 0 Å². The number of nitrogens with one attached hydrogen (secondary N) is 1. The molecule has 0 saturated carbocycles. The van der Waals surface area contributed by atoms with Crippen LogP contribution in [0.1, 0.15) is 17.3 Å². The molecule has 1 heterocycles. The van der Waals surface area contributed by atoms with Crippen LogP contribution >= 0.6 is 0 Å². The van der Waals surface area contributed by atoms with E-state index < -0.39 is 6.10 Å². The van der Waals surface area contributed by atoms with Gasteiger partial charge in [-0.2, -0.15) is 4.98 Å². The zero-order valence-corrected chi connectivity index (χ0v) is 12.4. The van der Waals surface area contributed by atoms with Crippen molar-refractivity contribution >= 4 is 0 Å². The summed E-state index contributed by atoms with van der Waals surface area (Å²) in [6.07, 6.45) is 0.0849. The van der Waals surface area contributed by atoms with Crippen molar-refractivity contribution in [2.75, 3.05) is 19.7 Å². The summed E-state index contributed by atoms with van der Waals surface area (Å²) in [7, 11) is 0. The van der Waals surface area contributed by atoms with E-state index in [1.807, 2.05) is 31.2 Å². The Hall–Kier alpha value is -1.92. The van der Waals surface area contributed by atoms with E-state index in [9.17, 15) is 5.11 Å². The van der Waals surface area contributed by atoms with Crippen LogP contribution in [0.4, 0.5) is 0 Å². The average molecular weight is 291 g/mol. The van der Waals surface area contributed by atoms with E-state index in [2.05, 4.69) is 15.5 Å². The normalized spacial score (nSPS) is 12.3. The topological polar surface area (TPSA) is 80.4 Å². The van der Waals surface area contributed by atoms with Gasteiger partial charge < -0.3 is 19.7 Å². The fraction of sp³-hybridized carbons (Fsp3) is 0.467. The molecule has 1 aromatic carbocycles. The molecular weight excluding hydrogens is 270 g/mol. The number of ether oxygens (including phenoxy) is 1. The van der Waals surface area contributed by atoms with E-state index in [4.69, 9.17) is 9.26 Å². The van der Waals surface area contributed by atoms with E-state index in [0.29, 0.717) is 31.2 Å². The van der Waals surface area contributed by atoms with Gasteiger partial charge >= 0.3 is 0 Å². The van der Waals surface area contributed by atoms with Crippen LogP contribution < -0.4 is 10.1 Å². The molecule has 1 atom stereocenters. The summed E-state index contributed by atoms with van der Waals surface area (Å²) < 4.78 is 10.5. The number of aliphatic hydroxyl groups excluding tert-OH is 1. The van der Waals surface area contributed by atoms with Crippen molar-refractivity contribution in [3.63, 3.8) is 0 Å². The molecule has 1 unspecified atom stereocenters. The highest BCUT2D eigenvalue weighted by Crippen LogP contribution is 2.12. The number of aromatic nitrogens is 2. The molecule has 6 nitrogen and oxygen atoms in total. The lowest BCUT2D eigenvalue weighted by atomic mass is 10.2. The minimum Gasteiger partial charge on any atom is -0.491 e. The fourth-order valence-electron chi connectivity index (χ4n) is 1.86. The average Bonchev–Trinajstić information content (AvgIpc) is 2.87. The molecular formula is C15H21N3O3. The quantitative estimate of drug-likeness (QED) is 0.713. The molecule has 1 aromatic heterocycles. The Labute approximate surface area is 124 Å². The number of aryl methyl sites for hydroxylation is 2. The number of hydrogen-bond acceptors (Lipinski definition) is 6. The Balaban J connectivity index is 1.60. The second-order valence-corrected chi connectivity index (χ2v) is 4.97. The molecule has 0 amide bonds. The van der Waals surface area contributed by atoms with Crippen molar-refractivity contribution in [2.45, 2.75) is 26.4 Å². The van der Waals surface area contributed by atoms with Gasteiger partial charge in [-0.3, -0.25) is 0 Å². The maximum Gasteiger partial charge on any atom is 0.227 e. The van der Waals surface area contributed by atoms with Gasteiger partial charge in [-0.05, 0) is 31.5 Å². The highest BCUT2D eigenvalue weighted by atomic mass is 16.5. The molecule has 0 aliphatic rings. The molecule has 0 saturated heterocycles. The fourth-order valence-corrected chi connectivity index (χ4v) is 1.86. The summed E-state index contributed by atoms with van der Waals surface area (Å²) in [5.41, 5.74) is 1.13. The standard InChI is InChI=1S/C15H21N3O3/c1-11-4-3-5-14(8-11)20-10-13(19)9-16-7-6-15-17-12(2)18-21-15/h3-5,8,13,16,19H,6-7,9-10H2,1-2H3. The number of aliphatic hydroxyl groups is 1. The van der Waals surface area contributed by atoms with Crippen molar-refractivity contribution in [1.82, 2.24) is 15.5 Å². The third kappa shape index (κ3) is 5.53. The Morgan fingerprint density at radius 2 is 2.24 bits per heavy atom. The van der Waals surface area contributed by atoms with Crippen LogP contribution in [0.3, 0.4) is 0 Å². The van der Waals surface area contributed by atoms with Gasteiger partial charge in [-0.25, -0.2) is 0 Å². The van der Waals surface area contributed by atoms with Gasteiger partial charge in [-0.1, -0.05) is 17.3 Å². The van der Waals surface area contributed by atoms with E-state index in [-0.39, 0.29) is 6.61 Å². The first-order valence-corrected chi connectivity index (χ1v) is 7.01. The first kappa shape index (κ1) is 15.5. The lowest BCUT2D eigenvalue weighted by Gasteiger charge is -2.13. The summed E-state index contributed by atoms with van der Waals surface area (Å²) in [6.45, 7) is 5.18. The summed E-state index contributed by atoms with van der Waals surface area (Å²) in [5.74, 6) is 2.01. The molecule has 0 fully saturated rings. The molecule has 0 aliphatic heterocycles. The SMILES string of the molecule is Cc1cccc(OCC(O)CNCCc2nc(C)no2)c1. The van der Waals surface area contributed by atoms with Crippen molar-refractivity contribution in [3.05, 3.63) is 41.5 Å². The maximum atomic E-state index is 9.84. The summed E-state index contributed by atoms with van der Waals surface area (Å²) in [5, 5.41) is 16.7. The van der Waals surface area contributed by atoms with Gasteiger partial charge in [-0.15, -0.1) is 0 Å². The molecule has 21 heavy (non-hydrogen) atoms. The first-order chi connectivity index (χ1) is 10.1. The van der Waals surface area contributed by atoms with E-state index in [1.165, 1.54) is 0 Å². The summed E-state index contributed by atoms with van der Waals surface area (Å²) in [4.78, 5) is 4.11. The predicted molar refractivity (Wildman–Crippen MR) is 78.3 cm³/mol. The number of nitrogens with zero attached hydrogens (tertiary/aromatic N) is 2. The van der Waals surface area contributed by atoms with Crippen LogP contribution in [0.5, 0.6) is 5.75 Å². The lowest BCUT2D eigenvalue weighted by Crippen LogP contribution is -2.32. The zero-order valence-electron chi connectivity index (χ0n) is 12.4. The van der Waals surface area contributed by atoms with Crippen LogP contribution in [0.2, 0.25) is 0 Å². The van der Waals surface area contributed by atoms with Gasteiger partial charge in [0, 0.05) is 19.5 Å². The molecule has 2 N–H and O–H groups in total. The van der Waals surface area contributed by atoms with Crippen LogP contribution in [-0.4, -0.2) is 41.0 Å². The minimum atomic E-state index is -0.560. The Bertz CT molecular complexity index is 557. The predicted octanol–water partition coefficient (Wildman–Crippen LogP) is 1.26. The van der Waals surface area contributed by atoms with Crippen molar-refractivity contribution < 1.29 is 14.4 Å². The first-order valence-electron chi connectivity index (χ1n) is 7.01. The third-order valence-corrected chi connectivity index (χ3v) is 2.90. The molecule has 0 radical (unpaired) electrons. The minimum absolute atomic E-state index is 0.260. The highest BCUT2D eigenvalue weighted by molar-refractivity contribution is 5.27. The number of rotatable bonds is 8. The molecule has 0 spiro atoms. The summed E-state index contributed by atoms with van der Waals surface area (Å²) >= 11 is 0. The van der Waals surface area contributed by atoms with Gasteiger partial charge in [0.2, 0.25) is 5.89 Å². The van der Waals surface area contributed by atoms with Gasteiger partial charge in [0.05, 0.1) is 0 Å². The molecule has 2 aromatic rings.